The number of carbonyl (C=O) groups excluding carboxylic acids is 2. The van der Waals surface area contributed by atoms with E-state index in [-0.39, 0.29) is 11.7 Å². The molecule has 0 saturated carbocycles. The van der Waals surface area contributed by atoms with E-state index in [0.717, 1.165) is 20.5 Å². The standard InChI is InChI=1S/C23H18N2O2S2/c1-15-20(29-23(25-15)19-12-7-13-28-19)14-24-22(27)18-11-6-5-10-17(18)21(26)16-8-3-2-4-9-16/h2-13H,14H2,1H3,(H,24,27). The lowest BCUT2D eigenvalue weighted by Gasteiger charge is -2.09. The van der Waals surface area contributed by atoms with E-state index < -0.39 is 0 Å². The SMILES string of the molecule is Cc1nc(-c2cccs2)sc1CNC(=O)c1ccccc1C(=O)c1ccccc1. The Hall–Kier alpha value is -3.09. The third kappa shape index (κ3) is 4.18. The summed E-state index contributed by atoms with van der Waals surface area (Å²) in [5.41, 5.74) is 2.25. The summed E-state index contributed by atoms with van der Waals surface area (Å²) in [7, 11) is 0. The summed E-state index contributed by atoms with van der Waals surface area (Å²) in [6.07, 6.45) is 0. The van der Waals surface area contributed by atoms with Gasteiger partial charge in [0.2, 0.25) is 0 Å². The minimum atomic E-state index is -0.268. The molecule has 1 N–H and O–H groups in total. The van der Waals surface area contributed by atoms with Crippen LogP contribution in [0.4, 0.5) is 0 Å². The maximum absolute atomic E-state index is 12.8. The number of thiophene rings is 1. The second-order valence-corrected chi connectivity index (χ2v) is 8.46. The van der Waals surface area contributed by atoms with Gasteiger partial charge in [0.25, 0.3) is 5.91 Å². The highest BCUT2D eigenvalue weighted by Gasteiger charge is 2.18. The van der Waals surface area contributed by atoms with Crippen molar-refractivity contribution in [3.05, 3.63) is 99.4 Å². The predicted molar refractivity (Wildman–Crippen MR) is 118 cm³/mol. The number of aryl methyl sites for hydroxylation is 1. The molecular formula is C23H18N2O2S2. The van der Waals surface area contributed by atoms with Crippen molar-refractivity contribution in [1.82, 2.24) is 10.3 Å². The average Bonchev–Trinajstić information content (AvgIpc) is 3.42. The number of nitrogens with one attached hydrogen (secondary N) is 1. The van der Waals surface area contributed by atoms with E-state index in [0.29, 0.717) is 23.2 Å². The van der Waals surface area contributed by atoms with E-state index in [1.165, 1.54) is 0 Å². The molecule has 4 aromatic rings. The number of carbonyl (C=O) groups is 2. The van der Waals surface area contributed by atoms with E-state index in [2.05, 4.69) is 10.3 Å². The molecule has 1 amide bonds. The van der Waals surface area contributed by atoms with Crippen LogP contribution in [0.25, 0.3) is 9.88 Å². The maximum atomic E-state index is 12.8. The molecule has 0 spiro atoms. The fraction of sp³-hybridized carbons (Fsp3) is 0.0870. The van der Waals surface area contributed by atoms with Crippen LogP contribution in [0.3, 0.4) is 0 Å². The maximum Gasteiger partial charge on any atom is 0.252 e. The number of ketones is 1. The zero-order valence-electron chi connectivity index (χ0n) is 15.7. The smallest absolute Gasteiger partial charge is 0.252 e. The van der Waals surface area contributed by atoms with Crippen molar-refractivity contribution < 1.29 is 9.59 Å². The minimum absolute atomic E-state index is 0.162. The summed E-state index contributed by atoms with van der Waals surface area (Å²) >= 11 is 3.22. The van der Waals surface area contributed by atoms with Gasteiger partial charge in [-0.3, -0.25) is 9.59 Å². The Morgan fingerprint density at radius 2 is 1.66 bits per heavy atom. The molecule has 0 aliphatic heterocycles. The van der Waals surface area contributed by atoms with Gasteiger partial charge in [-0.15, -0.1) is 22.7 Å². The van der Waals surface area contributed by atoms with Crippen molar-refractivity contribution in [2.24, 2.45) is 0 Å². The Balaban J connectivity index is 1.52. The molecular weight excluding hydrogens is 400 g/mol. The topological polar surface area (TPSA) is 59.1 Å². The van der Waals surface area contributed by atoms with Crippen molar-refractivity contribution >= 4 is 34.4 Å². The van der Waals surface area contributed by atoms with E-state index in [1.807, 2.05) is 42.6 Å². The van der Waals surface area contributed by atoms with Gasteiger partial charge in [0, 0.05) is 16.0 Å². The van der Waals surface area contributed by atoms with Crippen LogP contribution in [0.15, 0.2) is 72.1 Å². The molecule has 6 heteroatoms. The molecule has 0 bridgehead atoms. The van der Waals surface area contributed by atoms with Crippen molar-refractivity contribution in [3.8, 4) is 9.88 Å². The fourth-order valence-electron chi connectivity index (χ4n) is 2.98. The third-order valence-corrected chi connectivity index (χ3v) is 6.68. The molecule has 0 atom stereocenters. The second-order valence-electron chi connectivity index (χ2n) is 6.43. The average molecular weight is 419 g/mol. The Morgan fingerprint density at radius 1 is 0.931 bits per heavy atom. The lowest BCUT2D eigenvalue weighted by atomic mass is 9.98. The summed E-state index contributed by atoms with van der Waals surface area (Å²) in [5, 5.41) is 5.93. The Kier molecular flexibility index (Phi) is 5.64. The zero-order valence-corrected chi connectivity index (χ0v) is 17.3. The largest absolute Gasteiger partial charge is 0.347 e. The van der Waals surface area contributed by atoms with Gasteiger partial charge in [-0.25, -0.2) is 4.98 Å². The summed E-state index contributed by atoms with van der Waals surface area (Å²) in [6, 6.07) is 19.9. The summed E-state index contributed by atoms with van der Waals surface area (Å²) in [4.78, 5) is 32.4. The molecule has 29 heavy (non-hydrogen) atoms. The fourth-order valence-corrected chi connectivity index (χ4v) is 4.78. The Labute approximate surface area is 176 Å². The van der Waals surface area contributed by atoms with Gasteiger partial charge in [-0.1, -0.05) is 54.6 Å². The number of thiazole rings is 1. The highest BCUT2D eigenvalue weighted by molar-refractivity contribution is 7.21. The molecule has 4 rings (SSSR count). The van der Waals surface area contributed by atoms with Crippen molar-refractivity contribution in [2.45, 2.75) is 13.5 Å². The molecule has 2 aromatic heterocycles. The first kappa shape index (κ1) is 19.2. The first-order valence-electron chi connectivity index (χ1n) is 9.10. The number of hydrogen-bond acceptors (Lipinski definition) is 5. The highest BCUT2D eigenvalue weighted by atomic mass is 32.1. The number of hydrogen-bond donors (Lipinski definition) is 1. The lowest BCUT2D eigenvalue weighted by molar-refractivity contribution is 0.0940. The third-order valence-electron chi connectivity index (χ3n) is 4.49. The van der Waals surface area contributed by atoms with Gasteiger partial charge < -0.3 is 5.32 Å². The zero-order chi connectivity index (χ0) is 20.2. The number of rotatable bonds is 6. The molecule has 0 aliphatic rings. The van der Waals surface area contributed by atoms with E-state index >= 15 is 0 Å². The molecule has 0 radical (unpaired) electrons. The van der Waals surface area contributed by atoms with Crippen LogP contribution in [-0.4, -0.2) is 16.7 Å². The molecule has 2 heterocycles. The molecule has 4 nitrogen and oxygen atoms in total. The summed E-state index contributed by atoms with van der Waals surface area (Å²) < 4.78 is 0. The molecule has 0 aliphatic carbocycles. The monoisotopic (exact) mass is 418 g/mol. The van der Waals surface area contributed by atoms with Crippen LogP contribution in [-0.2, 0) is 6.54 Å². The van der Waals surface area contributed by atoms with Crippen LogP contribution in [0.2, 0.25) is 0 Å². The van der Waals surface area contributed by atoms with Gasteiger partial charge in [0.05, 0.1) is 22.7 Å². The van der Waals surface area contributed by atoms with E-state index in [9.17, 15) is 9.59 Å². The highest BCUT2D eigenvalue weighted by Crippen LogP contribution is 2.31. The number of amides is 1. The quantitative estimate of drug-likeness (QED) is 0.430. The van der Waals surface area contributed by atoms with Gasteiger partial charge in [-0.05, 0) is 24.4 Å². The van der Waals surface area contributed by atoms with Gasteiger partial charge in [-0.2, -0.15) is 0 Å². The van der Waals surface area contributed by atoms with Gasteiger partial charge in [0.1, 0.15) is 5.01 Å². The van der Waals surface area contributed by atoms with E-state index in [1.54, 1.807) is 59.1 Å². The molecule has 0 saturated heterocycles. The molecule has 144 valence electrons. The minimum Gasteiger partial charge on any atom is -0.347 e. The molecule has 0 unspecified atom stereocenters. The number of nitrogens with zero attached hydrogens (tertiary/aromatic N) is 1. The van der Waals surface area contributed by atoms with E-state index in [4.69, 9.17) is 0 Å². The van der Waals surface area contributed by atoms with Crippen LogP contribution >= 0.6 is 22.7 Å². The normalized spacial score (nSPS) is 10.7. The first-order valence-corrected chi connectivity index (χ1v) is 10.8. The van der Waals surface area contributed by atoms with Crippen molar-refractivity contribution in [1.29, 1.82) is 0 Å². The first-order chi connectivity index (χ1) is 14.1. The second kappa shape index (κ2) is 8.51. The number of aromatic nitrogens is 1. The van der Waals surface area contributed by atoms with Crippen molar-refractivity contribution in [2.75, 3.05) is 0 Å². The lowest BCUT2D eigenvalue weighted by Crippen LogP contribution is -2.25. The molecule has 0 fully saturated rings. The number of benzene rings is 2. The van der Waals surface area contributed by atoms with Crippen LogP contribution in [0.1, 0.15) is 36.9 Å². The summed E-state index contributed by atoms with van der Waals surface area (Å²) in [6.45, 7) is 2.32. The molecule has 2 aromatic carbocycles. The van der Waals surface area contributed by atoms with Gasteiger partial charge in [0.15, 0.2) is 5.78 Å². The Bertz CT molecular complexity index is 1150. The summed E-state index contributed by atoms with van der Waals surface area (Å²) in [5.74, 6) is -0.430. The van der Waals surface area contributed by atoms with Crippen LogP contribution in [0.5, 0.6) is 0 Å². The Morgan fingerprint density at radius 3 is 2.38 bits per heavy atom. The predicted octanol–water partition coefficient (Wildman–Crippen LogP) is 5.34. The van der Waals surface area contributed by atoms with Gasteiger partial charge >= 0.3 is 0 Å². The van der Waals surface area contributed by atoms with Crippen molar-refractivity contribution in [3.63, 3.8) is 0 Å². The van der Waals surface area contributed by atoms with Crippen LogP contribution in [0, 0.1) is 6.92 Å². The van der Waals surface area contributed by atoms with Crippen LogP contribution < -0.4 is 5.32 Å².